The molecule has 0 unspecified atom stereocenters. The topological polar surface area (TPSA) is 54.9 Å². The Kier molecular flexibility index (Phi) is 3.88. The number of fused-ring (bicyclic) bond motifs is 1. The first-order valence-corrected chi connectivity index (χ1v) is 7.50. The van der Waals surface area contributed by atoms with Crippen LogP contribution in [0.2, 0.25) is 5.02 Å². The molecule has 0 saturated carbocycles. The molecular formula is C15H9BrClFN2O2. The van der Waals surface area contributed by atoms with Crippen molar-refractivity contribution in [2.75, 3.05) is 0 Å². The number of nitrogens with zero attached hydrogens (tertiary/aromatic N) is 1. The molecule has 22 heavy (non-hydrogen) atoms. The van der Waals surface area contributed by atoms with Crippen LogP contribution in [0, 0.1) is 5.82 Å². The van der Waals surface area contributed by atoms with Crippen molar-refractivity contribution in [3.63, 3.8) is 0 Å². The van der Waals surface area contributed by atoms with Gasteiger partial charge < -0.3 is 4.98 Å². The molecule has 3 aromatic rings. The first-order chi connectivity index (χ1) is 10.5. The van der Waals surface area contributed by atoms with Crippen LogP contribution in [0.5, 0.6) is 0 Å². The van der Waals surface area contributed by atoms with Gasteiger partial charge in [0.2, 0.25) is 0 Å². The average Bonchev–Trinajstić information content (AvgIpc) is 2.50. The molecule has 0 radical (unpaired) electrons. The maximum absolute atomic E-state index is 13.9. The fourth-order valence-electron chi connectivity index (χ4n) is 2.18. The smallest absolute Gasteiger partial charge is 0.304 e. The van der Waals surface area contributed by atoms with Crippen LogP contribution in [-0.2, 0) is 6.54 Å². The zero-order valence-corrected chi connectivity index (χ0v) is 13.4. The Morgan fingerprint density at radius 1 is 1.14 bits per heavy atom. The lowest BCUT2D eigenvalue weighted by Crippen LogP contribution is -2.35. The zero-order chi connectivity index (χ0) is 15.9. The van der Waals surface area contributed by atoms with Gasteiger partial charge in [0.15, 0.2) is 5.82 Å². The summed E-state index contributed by atoms with van der Waals surface area (Å²) >= 11 is 8.98. The Morgan fingerprint density at radius 3 is 2.50 bits per heavy atom. The summed E-state index contributed by atoms with van der Waals surface area (Å²) in [5.41, 5.74) is -0.627. The van der Waals surface area contributed by atoms with E-state index in [2.05, 4.69) is 20.9 Å². The molecule has 0 atom stereocenters. The highest BCUT2D eigenvalue weighted by Gasteiger charge is 2.13. The Bertz CT molecular complexity index is 980. The summed E-state index contributed by atoms with van der Waals surface area (Å²) < 4.78 is 15.8. The van der Waals surface area contributed by atoms with Crippen LogP contribution < -0.4 is 11.2 Å². The second-order valence-electron chi connectivity index (χ2n) is 4.73. The molecule has 112 valence electrons. The van der Waals surface area contributed by atoms with Crippen LogP contribution in [0.25, 0.3) is 10.9 Å². The van der Waals surface area contributed by atoms with E-state index < -0.39 is 17.1 Å². The molecule has 3 rings (SSSR count). The number of H-pyrrole nitrogens is 1. The third-order valence-corrected chi connectivity index (χ3v) is 4.12. The van der Waals surface area contributed by atoms with Gasteiger partial charge in [-0.25, -0.2) is 9.18 Å². The third-order valence-electron chi connectivity index (χ3n) is 3.30. The van der Waals surface area contributed by atoms with Crippen molar-refractivity contribution < 1.29 is 4.39 Å². The SMILES string of the molecule is O=c1[nH]c2c(F)c(Cl)ccc2c(=O)n1Cc1ccc(Br)cc1. The minimum atomic E-state index is -0.802. The summed E-state index contributed by atoms with van der Waals surface area (Å²) in [6.07, 6.45) is 0. The number of halogens is 3. The van der Waals surface area contributed by atoms with Crippen LogP contribution in [0.1, 0.15) is 5.56 Å². The Balaban J connectivity index is 2.19. The fraction of sp³-hybridized carbons (Fsp3) is 0.0667. The van der Waals surface area contributed by atoms with Crippen molar-refractivity contribution in [2.24, 2.45) is 0 Å². The molecule has 0 bridgehead atoms. The maximum atomic E-state index is 13.9. The molecule has 0 saturated heterocycles. The Morgan fingerprint density at radius 2 is 1.82 bits per heavy atom. The number of aromatic amines is 1. The number of hydrogen-bond donors (Lipinski definition) is 1. The molecule has 7 heteroatoms. The van der Waals surface area contributed by atoms with E-state index in [1.165, 1.54) is 12.1 Å². The molecule has 0 amide bonds. The van der Waals surface area contributed by atoms with Gasteiger partial charge in [-0.2, -0.15) is 0 Å². The van der Waals surface area contributed by atoms with Gasteiger partial charge in [0.25, 0.3) is 5.56 Å². The van der Waals surface area contributed by atoms with Gasteiger partial charge in [-0.15, -0.1) is 0 Å². The van der Waals surface area contributed by atoms with E-state index >= 15 is 0 Å². The van der Waals surface area contributed by atoms with E-state index in [-0.39, 0.29) is 22.5 Å². The molecule has 0 aliphatic heterocycles. The van der Waals surface area contributed by atoms with E-state index in [4.69, 9.17) is 11.6 Å². The minimum absolute atomic E-state index is 0.0820. The number of hydrogen-bond acceptors (Lipinski definition) is 2. The average molecular weight is 384 g/mol. The van der Waals surface area contributed by atoms with Crippen molar-refractivity contribution in [1.82, 2.24) is 9.55 Å². The molecular weight excluding hydrogens is 375 g/mol. The minimum Gasteiger partial charge on any atom is -0.304 e. The molecule has 0 aliphatic rings. The highest BCUT2D eigenvalue weighted by Crippen LogP contribution is 2.20. The Hall–Kier alpha value is -1.92. The number of nitrogens with one attached hydrogen (secondary N) is 1. The summed E-state index contributed by atoms with van der Waals surface area (Å²) in [7, 11) is 0. The molecule has 0 spiro atoms. The summed E-state index contributed by atoms with van der Waals surface area (Å²) in [5, 5.41) is -0.0631. The zero-order valence-electron chi connectivity index (χ0n) is 11.1. The number of aromatic nitrogens is 2. The molecule has 1 heterocycles. The first kappa shape index (κ1) is 15.0. The molecule has 0 fully saturated rings. The van der Waals surface area contributed by atoms with Gasteiger partial charge in [-0.3, -0.25) is 9.36 Å². The van der Waals surface area contributed by atoms with Gasteiger partial charge in [0.1, 0.15) is 0 Å². The third kappa shape index (κ3) is 2.60. The molecule has 1 N–H and O–H groups in total. The maximum Gasteiger partial charge on any atom is 0.329 e. The quantitative estimate of drug-likeness (QED) is 0.738. The molecule has 2 aromatic carbocycles. The second kappa shape index (κ2) is 5.70. The van der Waals surface area contributed by atoms with Gasteiger partial charge in [0.05, 0.1) is 22.5 Å². The standard InChI is InChI=1S/C15H9BrClFN2O2/c16-9-3-1-8(2-4-9)7-20-14(21)10-5-6-11(17)12(18)13(10)19-15(20)22/h1-6H,7H2,(H,19,22). The van der Waals surface area contributed by atoms with Crippen LogP contribution in [-0.4, -0.2) is 9.55 Å². The molecule has 0 aliphatic carbocycles. The number of benzene rings is 2. The van der Waals surface area contributed by atoms with Crippen LogP contribution in [0.4, 0.5) is 4.39 Å². The lowest BCUT2D eigenvalue weighted by Gasteiger charge is -2.07. The van der Waals surface area contributed by atoms with Crippen molar-refractivity contribution >= 4 is 38.4 Å². The Labute approximate surface area is 137 Å². The van der Waals surface area contributed by atoms with E-state index in [0.29, 0.717) is 0 Å². The van der Waals surface area contributed by atoms with Crippen molar-refractivity contribution in [3.8, 4) is 0 Å². The highest BCUT2D eigenvalue weighted by atomic mass is 79.9. The second-order valence-corrected chi connectivity index (χ2v) is 6.05. The largest absolute Gasteiger partial charge is 0.329 e. The monoisotopic (exact) mass is 382 g/mol. The van der Waals surface area contributed by atoms with E-state index in [0.717, 1.165) is 14.6 Å². The molecule has 1 aromatic heterocycles. The number of rotatable bonds is 2. The van der Waals surface area contributed by atoms with E-state index in [1.807, 2.05) is 12.1 Å². The highest BCUT2D eigenvalue weighted by molar-refractivity contribution is 9.10. The van der Waals surface area contributed by atoms with Crippen molar-refractivity contribution in [2.45, 2.75) is 6.54 Å². The summed E-state index contributed by atoms with van der Waals surface area (Å²) in [4.78, 5) is 26.9. The van der Waals surface area contributed by atoms with E-state index in [1.54, 1.807) is 12.1 Å². The predicted octanol–water partition coefficient (Wildman–Crippen LogP) is 3.29. The van der Waals surface area contributed by atoms with Crippen molar-refractivity contribution in [3.05, 3.63) is 78.1 Å². The van der Waals surface area contributed by atoms with Crippen LogP contribution in [0.3, 0.4) is 0 Å². The van der Waals surface area contributed by atoms with Gasteiger partial charge in [-0.1, -0.05) is 39.7 Å². The van der Waals surface area contributed by atoms with Gasteiger partial charge in [-0.05, 0) is 29.8 Å². The lowest BCUT2D eigenvalue weighted by atomic mass is 10.2. The van der Waals surface area contributed by atoms with Crippen LogP contribution >= 0.6 is 27.5 Å². The first-order valence-electron chi connectivity index (χ1n) is 6.32. The van der Waals surface area contributed by atoms with Gasteiger partial charge in [0, 0.05) is 4.47 Å². The summed E-state index contributed by atoms with van der Waals surface area (Å²) in [6, 6.07) is 9.91. The van der Waals surface area contributed by atoms with Crippen molar-refractivity contribution in [1.29, 1.82) is 0 Å². The van der Waals surface area contributed by atoms with Gasteiger partial charge >= 0.3 is 5.69 Å². The lowest BCUT2D eigenvalue weighted by molar-refractivity contribution is 0.632. The van der Waals surface area contributed by atoms with Crippen LogP contribution in [0.15, 0.2) is 50.5 Å². The predicted molar refractivity (Wildman–Crippen MR) is 87.0 cm³/mol. The normalized spacial score (nSPS) is 11.0. The van der Waals surface area contributed by atoms with E-state index in [9.17, 15) is 14.0 Å². The summed E-state index contributed by atoms with van der Waals surface area (Å²) in [5.74, 6) is -0.802. The fourth-order valence-corrected chi connectivity index (χ4v) is 2.60. The summed E-state index contributed by atoms with van der Waals surface area (Å²) in [6.45, 7) is 0.0988. The molecule has 4 nitrogen and oxygen atoms in total.